The first-order chi connectivity index (χ1) is 53.7. The van der Waals surface area contributed by atoms with Crippen molar-refractivity contribution in [2.45, 2.75) is 329 Å². The average Bonchev–Trinajstić information content (AvgIpc) is 0.906. The molecular weight excluding hydrogens is 1430 g/mol. The van der Waals surface area contributed by atoms with Gasteiger partial charge in [-0.25, -0.2) is 9.13 Å². The number of aliphatic hydroxyl groups excluding tert-OH is 1. The van der Waals surface area contributed by atoms with Gasteiger partial charge in [-0.05, 0) is 180 Å². The Hall–Kier alpha value is -5.84. The molecule has 0 radical (unpaired) electrons. The average molecular weight is 1580 g/mol. The number of hydrogen-bond acceptors (Lipinski definition) is 15. The van der Waals surface area contributed by atoms with E-state index in [4.69, 9.17) is 37.0 Å². The largest absolute Gasteiger partial charge is 0.472 e. The molecule has 624 valence electrons. The van der Waals surface area contributed by atoms with Gasteiger partial charge < -0.3 is 33.8 Å². The summed E-state index contributed by atoms with van der Waals surface area (Å²) in [5, 5.41) is 10.7. The van der Waals surface area contributed by atoms with Crippen LogP contribution in [0.4, 0.5) is 0 Å². The van der Waals surface area contributed by atoms with Gasteiger partial charge in [-0.3, -0.25) is 37.3 Å². The molecule has 5 unspecified atom stereocenters. The molecular formula is C91H148O17P2. The Balaban J connectivity index is 5.47. The molecule has 5 atom stereocenters. The molecule has 17 nitrogen and oxygen atoms in total. The van der Waals surface area contributed by atoms with Crippen LogP contribution in [0.15, 0.2) is 182 Å². The van der Waals surface area contributed by atoms with Crippen LogP contribution in [0.2, 0.25) is 0 Å². The number of aliphatic hydroxyl groups is 1. The van der Waals surface area contributed by atoms with Crippen LogP contribution in [0.25, 0.3) is 0 Å². The number of allylic oxidation sites excluding steroid dienone is 30. The molecule has 0 aliphatic rings. The Morgan fingerprint density at radius 3 is 0.736 bits per heavy atom. The molecule has 0 rings (SSSR count). The van der Waals surface area contributed by atoms with Crippen molar-refractivity contribution in [3.05, 3.63) is 182 Å². The molecule has 0 fully saturated rings. The van der Waals surface area contributed by atoms with Gasteiger partial charge in [0, 0.05) is 25.7 Å². The van der Waals surface area contributed by atoms with E-state index < -0.39 is 97.5 Å². The minimum atomic E-state index is -5.01. The Bertz CT molecular complexity index is 2800. The van der Waals surface area contributed by atoms with Crippen molar-refractivity contribution < 1.29 is 80.2 Å². The zero-order valence-corrected chi connectivity index (χ0v) is 70.1. The van der Waals surface area contributed by atoms with Crippen LogP contribution in [0.3, 0.4) is 0 Å². The lowest BCUT2D eigenvalue weighted by atomic mass is 10.1. The maximum Gasteiger partial charge on any atom is 0.472 e. The van der Waals surface area contributed by atoms with E-state index in [-0.39, 0.29) is 25.7 Å². The molecule has 0 aromatic rings. The first-order valence-corrected chi connectivity index (χ1v) is 45.0. The summed E-state index contributed by atoms with van der Waals surface area (Å²) in [5.41, 5.74) is 0. The molecule has 110 heavy (non-hydrogen) atoms. The van der Waals surface area contributed by atoms with Crippen LogP contribution in [0.1, 0.15) is 310 Å². The molecule has 0 aliphatic heterocycles. The van der Waals surface area contributed by atoms with E-state index >= 15 is 0 Å². The fourth-order valence-electron chi connectivity index (χ4n) is 10.6. The third kappa shape index (κ3) is 80.2. The summed E-state index contributed by atoms with van der Waals surface area (Å²) in [6.45, 7) is 4.41. The number of ether oxygens (including phenoxy) is 4. The van der Waals surface area contributed by atoms with Crippen LogP contribution in [-0.4, -0.2) is 96.7 Å². The highest BCUT2D eigenvalue weighted by Crippen LogP contribution is 2.45. The number of unbranched alkanes of at least 4 members (excludes halogenated alkanes) is 21. The quantitative estimate of drug-likeness (QED) is 0.0169. The highest BCUT2D eigenvalue weighted by atomic mass is 31.2. The van der Waals surface area contributed by atoms with Gasteiger partial charge >= 0.3 is 39.5 Å². The van der Waals surface area contributed by atoms with Crippen molar-refractivity contribution in [1.29, 1.82) is 0 Å². The second-order valence-electron chi connectivity index (χ2n) is 27.3. The first-order valence-electron chi connectivity index (χ1n) is 42.0. The van der Waals surface area contributed by atoms with Gasteiger partial charge in [-0.15, -0.1) is 0 Å². The maximum atomic E-state index is 13.1. The fraction of sp³-hybridized carbons (Fsp3) is 0.626. The zero-order chi connectivity index (χ0) is 80.3. The fourth-order valence-corrected chi connectivity index (χ4v) is 12.1. The molecule has 0 saturated carbocycles. The summed E-state index contributed by atoms with van der Waals surface area (Å²) in [5.74, 6) is -2.28. The molecule has 3 N–H and O–H groups in total. The number of carbonyl (C=O) groups is 4. The molecule has 0 aliphatic carbocycles. The lowest BCUT2D eigenvalue weighted by Gasteiger charge is -2.21. The Kier molecular flexibility index (Phi) is 76.9. The number of phosphoric ester groups is 2. The van der Waals surface area contributed by atoms with E-state index in [1.807, 2.05) is 0 Å². The van der Waals surface area contributed by atoms with Gasteiger partial charge in [0.2, 0.25) is 0 Å². The van der Waals surface area contributed by atoms with E-state index in [1.165, 1.54) is 19.3 Å². The molecule has 19 heteroatoms. The number of esters is 4. The predicted molar refractivity (Wildman–Crippen MR) is 454 cm³/mol. The number of hydrogen-bond donors (Lipinski definition) is 3. The molecule has 0 bridgehead atoms. The van der Waals surface area contributed by atoms with Crippen LogP contribution in [0.5, 0.6) is 0 Å². The normalized spacial score (nSPS) is 14.7. The SMILES string of the molecule is CC/C=C\C/C=C\C/C=C\C/C=C\C/C=C\CCCCCC(=O)OCC(COP(=O)(O)OCC(O)COP(=O)(O)OCC(COC(=O)CCCCCCCC/C=C\C/C=C\C/C=C\C/C=C\CC)OC(=O)CCCCCCC/C=C\C/C=C\CCCCC)OC(=O)CCCCCC/C=C\C/C=C\C/C=C\C/C=C\CC. The first kappa shape index (κ1) is 104. The third-order valence-corrected chi connectivity index (χ3v) is 18.7. The van der Waals surface area contributed by atoms with E-state index in [0.717, 1.165) is 212 Å². The van der Waals surface area contributed by atoms with Gasteiger partial charge in [0.05, 0.1) is 26.4 Å². The summed E-state index contributed by atoms with van der Waals surface area (Å²) < 4.78 is 68.7. The van der Waals surface area contributed by atoms with Crippen molar-refractivity contribution in [2.75, 3.05) is 39.6 Å². The minimum absolute atomic E-state index is 0.0519. The molecule has 0 aromatic heterocycles. The van der Waals surface area contributed by atoms with Gasteiger partial charge in [-0.2, -0.15) is 0 Å². The maximum absolute atomic E-state index is 13.1. The van der Waals surface area contributed by atoms with Gasteiger partial charge in [0.1, 0.15) is 19.3 Å². The summed E-state index contributed by atoms with van der Waals surface area (Å²) >= 11 is 0. The van der Waals surface area contributed by atoms with Crippen LogP contribution >= 0.6 is 15.6 Å². The molecule has 0 heterocycles. The number of phosphoric acid groups is 2. The van der Waals surface area contributed by atoms with E-state index in [1.54, 1.807) is 0 Å². The summed E-state index contributed by atoms with van der Waals surface area (Å²) in [7, 11) is -10.0. The van der Waals surface area contributed by atoms with Gasteiger partial charge in [0.25, 0.3) is 0 Å². The lowest BCUT2D eigenvalue weighted by molar-refractivity contribution is -0.161. The Morgan fingerprint density at radius 1 is 0.264 bits per heavy atom. The summed E-state index contributed by atoms with van der Waals surface area (Å²) in [6, 6.07) is 0. The molecule has 0 saturated heterocycles. The smallest absolute Gasteiger partial charge is 0.462 e. The zero-order valence-electron chi connectivity index (χ0n) is 68.4. The highest BCUT2D eigenvalue weighted by molar-refractivity contribution is 7.47. The molecule has 0 amide bonds. The van der Waals surface area contributed by atoms with Crippen molar-refractivity contribution in [3.63, 3.8) is 0 Å². The van der Waals surface area contributed by atoms with Crippen molar-refractivity contribution in [1.82, 2.24) is 0 Å². The monoisotopic (exact) mass is 1580 g/mol. The van der Waals surface area contributed by atoms with Crippen molar-refractivity contribution in [3.8, 4) is 0 Å². The number of rotatable bonds is 77. The van der Waals surface area contributed by atoms with Crippen molar-refractivity contribution in [2.24, 2.45) is 0 Å². The summed E-state index contributed by atoms with van der Waals surface area (Å²) in [6.07, 6.45) is 98.5. The second kappa shape index (κ2) is 81.2. The lowest BCUT2D eigenvalue weighted by Crippen LogP contribution is -2.30. The van der Waals surface area contributed by atoms with Gasteiger partial charge in [0.15, 0.2) is 12.2 Å². The standard InChI is InChI=1S/C91H148O17P2/c1-5-9-13-17-21-25-29-33-37-40-42-45-48-51-55-59-63-67-71-75-88(93)101-81-86(107-90(95)77-73-69-65-61-57-53-47-36-32-28-24-20-16-12-8-4)83-105-109(97,98)103-79-85(92)80-104-110(99,100)106-84-87(108-91(96)78-74-70-66-62-58-54-50-44-39-35-31-27-23-19-15-11-7-3)82-102-89(94)76-72-68-64-60-56-52-49-46-43-41-38-34-30-26-22-18-14-10-6-2/h9-11,13-15,21-28,33-39,42-43,45-47,50,52,54,56,85-87,92H,5-8,12,16-20,29-32,40-41,44,48-49,51,53,55,57-84H2,1-4H3,(H,97,98)(H,99,100)/b13-9-,14-10-,15-11-,25-21-,26-22-,27-23-,28-24-,37-33-,38-34-,39-35-,45-42-,46-43-,47-36-,54-50-,56-52-. The van der Waals surface area contributed by atoms with Crippen LogP contribution in [-0.2, 0) is 65.4 Å². The van der Waals surface area contributed by atoms with E-state index in [2.05, 4.69) is 210 Å². The molecule has 0 spiro atoms. The van der Waals surface area contributed by atoms with Crippen molar-refractivity contribution >= 4 is 39.5 Å². The van der Waals surface area contributed by atoms with E-state index in [9.17, 15) is 43.2 Å². The predicted octanol–water partition coefficient (Wildman–Crippen LogP) is 25.1. The third-order valence-electron chi connectivity index (χ3n) is 16.8. The van der Waals surface area contributed by atoms with E-state index in [0.29, 0.717) is 25.7 Å². The number of carbonyl (C=O) groups excluding carboxylic acids is 4. The highest BCUT2D eigenvalue weighted by Gasteiger charge is 2.30. The van der Waals surface area contributed by atoms with Gasteiger partial charge in [-0.1, -0.05) is 287 Å². The Labute approximate surface area is 666 Å². The topological polar surface area (TPSA) is 237 Å². The second-order valence-corrected chi connectivity index (χ2v) is 30.2. The molecule has 0 aromatic carbocycles. The Morgan fingerprint density at radius 2 is 0.473 bits per heavy atom. The van der Waals surface area contributed by atoms with Crippen LogP contribution < -0.4 is 0 Å². The minimum Gasteiger partial charge on any atom is -0.462 e. The van der Waals surface area contributed by atoms with Crippen LogP contribution in [0, 0.1) is 0 Å². The summed E-state index contributed by atoms with van der Waals surface area (Å²) in [4.78, 5) is 73.2.